The molecule has 0 saturated heterocycles. The molecule has 5 heteroatoms. The average Bonchev–Trinajstić information content (AvgIpc) is 2.93. The summed E-state index contributed by atoms with van der Waals surface area (Å²) in [7, 11) is 1.37. The Bertz CT molecular complexity index is 578. The lowest BCUT2D eigenvalue weighted by Crippen LogP contribution is -2.07. The van der Waals surface area contributed by atoms with Crippen LogP contribution in [0.3, 0.4) is 0 Å². The van der Waals surface area contributed by atoms with Crippen LogP contribution < -0.4 is 4.74 Å². The van der Waals surface area contributed by atoms with E-state index in [2.05, 4.69) is 12.0 Å². The van der Waals surface area contributed by atoms with Crippen LogP contribution in [0.15, 0.2) is 36.7 Å². The Kier molecular flexibility index (Phi) is 4.76. The number of aryl methyl sites for hydroxylation is 1. The number of esters is 1. The maximum Gasteiger partial charge on any atom is 0.338 e. The number of benzene rings is 1. The number of rotatable bonds is 6. The van der Waals surface area contributed by atoms with E-state index in [0.29, 0.717) is 17.9 Å². The van der Waals surface area contributed by atoms with E-state index in [-0.39, 0.29) is 5.97 Å². The van der Waals surface area contributed by atoms with Gasteiger partial charge in [0, 0.05) is 12.1 Å². The molecule has 0 bridgehead atoms. The lowest BCUT2D eigenvalue weighted by Gasteiger charge is -2.08. The molecule has 1 aromatic carbocycles. The summed E-state index contributed by atoms with van der Waals surface area (Å²) in [6.07, 6.45) is 4.55. The summed E-state index contributed by atoms with van der Waals surface area (Å²) in [5, 5.41) is 4.19. The van der Waals surface area contributed by atoms with Gasteiger partial charge in [-0.1, -0.05) is 25.1 Å². The van der Waals surface area contributed by atoms with Crippen molar-refractivity contribution >= 4 is 5.97 Å². The molecule has 0 aliphatic carbocycles. The van der Waals surface area contributed by atoms with Crippen LogP contribution in [0.4, 0.5) is 0 Å². The van der Waals surface area contributed by atoms with Gasteiger partial charge in [0.05, 0.1) is 25.1 Å². The number of aromatic nitrogens is 2. The second-order valence-electron chi connectivity index (χ2n) is 4.38. The van der Waals surface area contributed by atoms with Crippen LogP contribution in [0.5, 0.6) is 5.75 Å². The van der Waals surface area contributed by atoms with Crippen molar-refractivity contribution in [2.24, 2.45) is 0 Å². The minimum atomic E-state index is -0.356. The van der Waals surface area contributed by atoms with Gasteiger partial charge in [-0.15, -0.1) is 0 Å². The molecular weight excluding hydrogens is 256 g/mol. The van der Waals surface area contributed by atoms with Crippen LogP contribution in [0.25, 0.3) is 0 Å². The number of ether oxygens (including phenoxy) is 2. The molecule has 1 heterocycles. The van der Waals surface area contributed by atoms with E-state index in [1.807, 2.05) is 23.0 Å². The van der Waals surface area contributed by atoms with Gasteiger partial charge in [-0.3, -0.25) is 4.68 Å². The van der Waals surface area contributed by atoms with E-state index < -0.39 is 0 Å². The summed E-state index contributed by atoms with van der Waals surface area (Å²) in [6.45, 7) is 3.26. The van der Waals surface area contributed by atoms with Gasteiger partial charge in [-0.05, 0) is 12.5 Å². The molecule has 0 unspecified atom stereocenters. The van der Waals surface area contributed by atoms with Crippen LogP contribution in [-0.4, -0.2) is 22.9 Å². The Labute approximate surface area is 118 Å². The first-order valence-electron chi connectivity index (χ1n) is 6.56. The molecule has 0 spiro atoms. The van der Waals surface area contributed by atoms with Crippen molar-refractivity contribution in [1.29, 1.82) is 0 Å². The Morgan fingerprint density at radius 1 is 1.35 bits per heavy atom. The van der Waals surface area contributed by atoms with Crippen molar-refractivity contribution in [1.82, 2.24) is 9.78 Å². The van der Waals surface area contributed by atoms with E-state index in [1.165, 1.54) is 7.11 Å². The highest BCUT2D eigenvalue weighted by atomic mass is 16.5. The molecule has 0 fully saturated rings. The van der Waals surface area contributed by atoms with Gasteiger partial charge in [0.2, 0.25) is 0 Å². The predicted molar refractivity (Wildman–Crippen MR) is 74.6 cm³/mol. The minimum absolute atomic E-state index is 0.309. The van der Waals surface area contributed by atoms with Crippen LogP contribution in [0.2, 0.25) is 0 Å². The quantitative estimate of drug-likeness (QED) is 0.760. The van der Waals surface area contributed by atoms with Crippen molar-refractivity contribution in [3.05, 3.63) is 47.8 Å². The maximum absolute atomic E-state index is 11.6. The molecule has 5 nitrogen and oxygen atoms in total. The predicted octanol–water partition coefficient (Wildman–Crippen LogP) is 2.66. The Hall–Kier alpha value is -2.30. The second-order valence-corrected chi connectivity index (χ2v) is 4.38. The second kappa shape index (κ2) is 6.75. The SMILES string of the molecule is CCCn1cc(OCc2ccccc2C(=O)OC)cn1. The molecule has 106 valence electrons. The van der Waals surface area contributed by atoms with Crippen molar-refractivity contribution < 1.29 is 14.3 Å². The lowest BCUT2D eigenvalue weighted by molar-refractivity contribution is 0.0597. The third-order valence-electron chi connectivity index (χ3n) is 2.88. The van der Waals surface area contributed by atoms with Crippen molar-refractivity contribution in [3.8, 4) is 5.75 Å². The van der Waals surface area contributed by atoms with Gasteiger partial charge in [0.1, 0.15) is 6.61 Å². The molecule has 0 amide bonds. The number of methoxy groups -OCH3 is 1. The number of hydrogen-bond acceptors (Lipinski definition) is 4. The van der Waals surface area contributed by atoms with Crippen molar-refractivity contribution in [2.75, 3.05) is 7.11 Å². The fraction of sp³-hybridized carbons (Fsp3) is 0.333. The van der Waals surface area contributed by atoms with Gasteiger partial charge in [0.25, 0.3) is 0 Å². The molecule has 2 aromatic rings. The van der Waals surface area contributed by atoms with Crippen LogP contribution in [0, 0.1) is 0 Å². The maximum atomic E-state index is 11.6. The van der Waals surface area contributed by atoms with E-state index >= 15 is 0 Å². The molecule has 20 heavy (non-hydrogen) atoms. The Morgan fingerprint density at radius 3 is 2.90 bits per heavy atom. The zero-order chi connectivity index (χ0) is 14.4. The summed E-state index contributed by atoms with van der Waals surface area (Å²) >= 11 is 0. The molecule has 1 aromatic heterocycles. The largest absolute Gasteiger partial charge is 0.486 e. The van der Waals surface area contributed by atoms with E-state index in [4.69, 9.17) is 9.47 Å². The van der Waals surface area contributed by atoms with Gasteiger partial charge in [0.15, 0.2) is 5.75 Å². The summed E-state index contributed by atoms with van der Waals surface area (Å²) in [4.78, 5) is 11.6. The Balaban J connectivity index is 2.04. The summed E-state index contributed by atoms with van der Waals surface area (Å²) in [5.74, 6) is 0.337. The summed E-state index contributed by atoms with van der Waals surface area (Å²) < 4.78 is 12.3. The van der Waals surface area contributed by atoms with Crippen LogP contribution in [-0.2, 0) is 17.9 Å². The summed E-state index contributed by atoms with van der Waals surface area (Å²) in [5.41, 5.74) is 1.32. The Morgan fingerprint density at radius 2 is 2.15 bits per heavy atom. The smallest absolute Gasteiger partial charge is 0.338 e. The highest BCUT2D eigenvalue weighted by Gasteiger charge is 2.11. The van der Waals surface area contributed by atoms with E-state index in [1.54, 1.807) is 18.3 Å². The molecular formula is C15H18N2O3. The molecule has 0 radical (unpaired) electrons. The molecule has 0 atom stereocenters. The molecule has 0 N–H and O–H groups in total. The third-order valence-corrected chi connectivity index (χ3v) is 2.88. The minimum Gasteiger partial charge on any atom is -0.486 e. The number of hydrogen-bond donors (Lipinski definition) is 0. The van der Waals surface area contributed by atoms with Crippen LogP contribution >= 0.6 is 0 Å². The molecule has 0 aliphatic rings. The highest BCUT2D eigenvalue weighted by molar-refractivity contribution is 5.90. The number of nitrogens with zero attached hydrogens (tertiary/aromatic N) is 2. The lowest BCUT2D eigenvalue weighted by atomic mass is 10.1. The summed E-state index contributed by atoms with van der Waals surface area (Å²) in [6, 6.07) is 7.24. The van der Waals surface area contributed by atoms with Gasteiger partial charge >= 0.3 is 5.97 Å². The molecule has 2 rings (SSSR count). The van der Waals surface area contributed by atoms with Gasteiger partial charge in [-0.25, -0.2) is 4.79 Å². The zero-order valence-electron chi connectivity index (χ0n) is 11.7. The molecule has 0 aliphatic heterocycles. The van der Waals surface area contributed by atoms with Crippen LogP contribution in [0.1, 0.15) is 29.3 Å². The normalized spacial score (nSPS) is 10.3. The first-order valence-corrected chi connectivity index (χ1v) is 6.56. The number of carbonyl (C=O) groups is 1. The van der Waals surface area contributed by atoms with E-state index in [9.17, 15) is 4.79 Å². The zero-order valence-corrected chi connectivity index (χ0v) is 11.7. The topological polar surface area (TPSA) is 53.4 Å². The van der Waals surface area contributed by atoms with Gasteiger partial charge in [-0.2, -0.15) is 5.10 Å². The monoisotopic (exact) mass is 274 g/mol. The highest BCUT2D eigenvalue weighted by Crippen LogP contribution is 2.15. The van der Waals surface area contributed by atoms with E-state index in [0.717, 1.165) is 18.5 Å². The standard InChI is InChI=1S/C15H18N2O3/c1-3-8-17-10-13(9-16-17)20-11-12-6-4-5-7-14(12)15(18)19-2/h4-7,9-10H,3,8,11H2,1-2H3. The average molecular weight is 274 g/mol. The van der Waals surface area contributed by atoms with Crippen molar-refractivity contribution in [3.63, 3.8) is 0 Å². The first-order chi connectivity index (χ1) is 9.74. The first kappa shape index (κ1) is 14.1. The third kappa shape index (κ3) is 3.38. The number of carbonyl (C=O) groups excluding carboxylic acids is 1. The van der Waals surface area contributed by atoms with Crippen molar-refractivity contribution in [2.45, 2.75) is 26.5 Å². The fourth-order valence-corrected chi connectivity index (χ4v) is 1.89. The van der Waals surface area contributed by atoms with Gasteiger partial charge < -0.3 is 9.47 Å². The molecule has 0 saturated carbocycles. The fourth-order valence-electron chi connectivity index (χ4n) is 1.89.